The molecule has 1 unspecified atom stereocenters. The van der Waals surface area contributed by atoms with Crippen molar-refractivity contribution in [1.82, 2.24) is 0 Å². The van der Waals surface area contributed by atoms with Gasteiger partial charge in [-0.3, -0.25) is 4.79 Å². The van der Waals surface area contributed by atoms with Crippen molar-refractivity contribution in [2.75, 3.05) is 0 Å². The van der Waals surface area contributed by atoms with Crippen molar-refractivity contribution in [3.05, 3.63) is 60.2 Å². The summed E-state index contributed by atoms with van der Waals surface area (Å²) in [6.45, 7) is 1.54. The Hall–Kier alpha value is -2.17. The molecule has 2 aromatic rings. The Balaban J connectivity index is 2.06. The first-order valence-electron chi connectivity index (χ1n) is 7.26. The van der Waals surface area contributed by atoms with Crippen LogP contribution in [0, 0.1) is 5.92 Å². The molecule has 0 saturated carbocycles. The maximum absolute atomic E-state index is 10.9. The molecule has 4 nitrogen and oxygen atoms in total. The maximum atomic E-state index is 10.9. The summed E-state index contributed by atoms with van der Waals surface area (Å²) in [7, 11) is 0. The van der Waals surface area contributed by atoms with Gasteiger partial charge in [0.05, 0.1) is 5.92 Å². The molecule has 0 aliphatic heterocycles. The number of carboxylic acid groups (broad SMARTS) is 1. The minimum absolute atomic E-state index is 0.0166. The standard InChI is InChI=1S/C18H21NO3/c1-13(17(20)21)11-18(19,22)12-14-7-9-16(10-8-14)15-5-3-2-4-6-15/h2-10,13,22H,11-12,19H2,1H3,(H,20,21)/t13-,18?/m1/s1. The number of nitrogens with two attached hydrogens (primary N) is 1. The highest BCUT2D eigenvalue weighted by atomic mass is 16.4. The van der Waals surface area contributed by atoms with Crippen molar-refractivity contribution in [3.63, 3.8) is 0 Å². The van der Waals surface area contributed by atoms with Gasteiger partial charge >= 0.3 is 5.97 Å². The second-order valence-corrected chi connectivity index (χ2v) is 5.79. The van der Waals surface area contributed by atoms with Crippen molar-refractivity contribution < 1.29 is 15.0 Å². The van der Waals surface area contributed by atoms with E-state index in [2.05, 4.69) is 0 Å². The first-order valence-corrected chi connectivity index (χ1v) is 7.26. The normalized spacial score (nSPS) is 15.0. The van der Waals surface area contributed by atoms with E-state index in [1.54, 1.807) is 6.92 Å². The highest BCUT2D eigenvalue weighted by Crippen LogP contribution is 2.22. The van der Waals surface area contributed by atoms with Crippen LogP contribution in [0.3, 0.4) is 0 Å². The molecule has 0 aliphatic carbocycles. The van der Waals surface area contributed by atoms with Gasteiger partial charge in [0.25, 0.3) is 0 Å². The third-order valence-corrected chi connectivity index (χ3v) is 3.65. The molecular formula is C18H21NO3. The van der Waals surface area contributed by atoms with Crippen molar-refractivity contribution >= 4 is 5.97 Å². The number of aliphatic hydroxyl groups is 1. The molecule has 2 rings (SSSR count). The molecule has 0 heterocycles. The van der Waals surface area contributed by atoms with Gasteiger partial charge in [-0.25, -0.2) is 0 Å². The Morgan fingerprint density at radius 3 is 2.18 bits per heavy atom. The van der Waals surface area contributed by atoms with E-state index in [0.717, 1.165) is 16.7 Å². The van der Waals surface area contributed by atoms with Gasteiger partial charge in [0.15, 0.2) is 0 Å². The van der Waals surface area contributed by atoms with Crippen molar-refractivity contribution in [1.29, 1.82) is 0 Å². The van der Waals surface area contributed by atoms with E-state index in [-0.39, 0.29) is 12.8 Å². The molecule has 2 atom stereocenters. The fourth-order valence-electron chi connectivity index (χ4n) is 2.49. The largest absolute Gasteiger partial charge is 0.481 e. The van der Waals surface area contributed by atoms with Gasteiger partial charge in [0.1, 0.15) is 5.72 Å². The van der Waals surface area contributed by atoms with E-state index >= 15 is 0 Å². The monoisotopic (exact) mass is 299 g/mol. The van der Waals surface area contributed by atoms with Gasteiger partial charge in [-0.2, -0.15) is 0 Å². The number of hydrogen-bond donors (Lipinski definition) is 3. The van der Waals surface area contributed by atoms with Crippen LogP contribution in [-0.2, 0) is 11.2 Å². The quantitative estimate of drug-likeness (QED) is 0.716. The highest BCUT2D eigenvalue weighted by molar-refractivity contribution is 5.69. The minimum Gasteiger partial charge on any atom is -0.481 e. The topological polar surface area (TPSA) is 83.5 Å². The van der Waals surface area contributed by atoms with Crippen molar-refractivity contribution in [2.45, 2.75) is 25.5 Å². The summed E-state index contributed by atoms with van der Waals surface area (Å²) in [6.07, 6.45) is 0.239. The number of rotatable bonds is 6. The summed E-state index contributed by atoms with van der Waals surface area (Å²) >= 11 is 0. The Morgan fingerprint density at radius 1 is 1.09 bits per heavy atom. The molecule has 4 N–H and O–H groups in total. The van der Waals surface area contributed by atoms with Crippen molar-refractivity contribution in [3.8, 4) is 11.1 Å². The lowest BCUT2D eigenvalue weighted by Gasteiger charge is -2.25. The third kappa shape index (κ3) is 4.41. The Bertz CT molecular complexity index is 621. The van der Waals surface area contributed by atoms with Gasteiger partial charge in [-0.1, -0.05) is 61.5 Å². The second kappa shape index (κ2) is 6.73. The third-order valence-electron chi connectivity index (χ3n) is 3.65. The fourth-order valence-corrected chi connectivity index (χ4v) is 2.49. The summed E-state index contributed by atoms with van der Waals surface area (Å²) < 4.78 is 0. The molecule has 0 spiro atoms. The van der Waals surface area contributed by atoms with Gasteiger partial charge in [-0.15, -0.1) is 0 Å². The zero-order chi connectivity index (χ0) is 16.2. The molecule has 0 aromatic heterocycles. The first kappa shape index (κ1) is 16.2. The van der Waals surface area contributed by atoms with E-state index in [1.807, 2.05) is 54.6 Å². The van der Waals surface area contributed by atoms with E-state index in [0.29, 0.717) is 0 Å². The van der Waals surface area contributed by atoms with Crippen LogP contribution in [-0.4, -0.2) is 21.9 Å². The highest BCUT2D eigenvalue weighted by Gasteiger charge is 2.27. The van der Waals surface area contributed by atoms with Crippen LogP contribution in [0.15, 0.2) is 54.6 Å². The summed E-state index contributed by atoms with van der Waals surface area (Å²) in [5, 5.41) is 19.1. The summed E-state index contributed by atoms with van der Waals surface area (Å²) in [6, 6.07) is 17.8. The van der Waals surface area contributed by atoms with Crippen LogP contribution in [0.2, 0.25) is 0 Å². The minimum atomic E-state index is -1.52. The molecule has 0 aliphatic rings. The molecule has 116 valence electrons. The predicted octanol–water partition coefficient (Wildman–Crippen LogP) is 2.65. The molecule has 0 saturated heterocycles. The Labute approximate surface area is 130 Å². The molecule has 4 heteroatoms. The maximum Gasteiger partial charge on any atom is 0.306 e. The summed E-state index contributed by atoms with van der Waals surface area (Å²) in [5.74, 6) is -1.64. The van der Waals surface area contributed by atoms with Crippen LogP contribution < -0.4 is 5.73 Å². The number of hydrogen-bond acceptors (Lipinski definition) is 3. The Kier molecular flexibility index (Phi) is 4.96. The van der Waals surface area contributed by atoms with Gasteiger partial charge < -0.3 is 15.9 Å². The lowest BCUT2D eigenvalue weighted by molar-refractivity contribution is -0.143. The van der Waals surface area contributed by atoms with E-state index in [9.17, 15) is 9.90 Å². The zero-order valence-electron chi connectivity index (χ0n) is 12.6. The lowest BCUT2D eigenvalue weighted by Crippen LogP contribution is -2.44. The fraction of sp³-hybridized carbons (Fsp3) is 0.278. The smallest absolute Gasteiger partial charge is 0.306 e. The van der Waals surface area contributed by atoms with E-state index in [4.69, 9.17) is 10.8 Å². The van der Waals surface area contributed by atoms with Crippen LogP contribution in [0.4, 0.5) is 0 Å². The van der Waals surface area contributed by atoms with Crippen molar-refractivity contribution in [2.24, 2.45) is 11.7 Å². The van der Waals surface area contributed by atoms with Crippen LogP contribution in [0.5, 0.6) is 0 Å². The summed E-state index contributed by atoms with van der Waals surface area (Å²) in [4.78, 5) is 10.9. The molecule has 0 bridgehead atoms. The number of benzene rings is 2. The number of carboxylic acids is 1. The SMILES string of the molecule is C[C@H](CC(N)(O)Cc1ccc(-c2ccccc2)cc1)C(=O)O. The van der Waals surface area contributed by atoms with Gasteiger partial charge in [0, 0.05) is 12.8 Å². The van der Waals surface area contributed by atoms with E-state index in [1.165, 1.54) is 0 Å². The molecule has 2 aromatic carbocycles. The molecule has 0 radical (unpaired) electrons. The second-order valence-electron chi connectivity index (χ2n) is 5.79. The average Bonchev–Trinajstić information content (AvgIpc) is 2.48. The van der Waals surface area contributed by atoms with Crippen LogP contribution in [0.1, 0.15) is 18.9 Å². The van der Waals surface area contributed by atoms with Gasteiger partial charge in [0.2, 0.25) is 0 Å². The van der Waals surface area contributed by atoms with Crippen LogP contribution >= 0.6 is 0 Å². The Morgan fingerprint density at radius 2 is 1.64 bits per heavy atom. The molecule has 22 heavy (non-hydrogen) atoms. The van der Waals surface area contributed by atoms with Crippen LogP contribution in [0.25, 0.3) is 11.1 Å². The predicted molar refractivity (Wildman–Crippen MR) is 86.1 cm³/mol. The molecular weight excluding hydrogens is 278 g/mol. The zero-order valence-corrected chi connectivity index (χ0v) is 12.6. The molecule has 0 amide bonds. The van der Waals surface area contributed by atoms with Gasteiger partial charge in [-0.05, 0) is 16.7 Å². The lowest BCUT2D eigenvalue weighted by atomic mass is 9.92. The number of carbonyl (C=O) groups is 1. The number of aliphatic carboxylic acids is 1. The first-order chi connectivity index (χ1) is 10.4. The molecule has 0 fully saturated rings. The summed E-state index contributed by atoms with van der Waals surface area (Å²) in [5.41, 5.74) is 7.39. The average molecular weight is 299 g/mol. The van der Waals surface area contributed by atoms with E-state index < -0.39 is 17.6 Å².